The maximum atomic E-state index is 15.2. The fraction of sp³-hybridized carbons (Fsp3) is 0.370. The summed E-state index contributed by atoms with van der Waals surface area (Å²) in [6, 6.07) is 6.99. The molecule has 2 atom stereocenters. The first kappa shape index (κ1) is 25.3. The van der Waals surface area contributed by atoms with Gasteiger partial charge >= 0.3 is 0 Å². The average Bonchev–Trinajstić information content (AvgIpc) is 3.52. The number of ether oxygens (including phenoxy) is 2. The standard InChI is InChI=1S/C27H27Cl2FN6O2/c1-15(24-20(28)11-32-12-21(24)29)38-17-4-5-23-19(8-17)25(35-34-23)16-7-22(30)26(33-10-16)36-13-27(31,14-36)9-18-3-2-6-37-18/h4-5,7-8,10-12,15,18H,2-3,6,9,13-14,31H2,1H3,(H,34,35)/t15-,18?/m1/s1. The lowest BCUT2D eigenvalue weighted by Gasteiger charge is -2.49. The summed E-state index contributed by atoms with van der Waals surface area (Å²) in [5.41, 5.74) is 8.71. The summed E-state index contributed by atoms with van der Waals surface area (Å²) in [4.78, 5) is 10.3. The maximum Gasteiger partial charge on any atom is 0.166 e. The van der Waals surface area contributed by atoms with E-state index in [0.717, 1.165) is 36.8 Å². The van der Waals surface area contributed by atoms with Gasteiger partial charge in [0.25, 0.3) is 0 Å². The van der Waals surface area contributed by atoms with Gasteiger partial charge in [0.1, 0.15) is 17.5 Å². The molecular formula is C27H27Cl2FN6O2. The number of aromatic amines is 1. The molecule has 38 heavy (non-hydrogen) atoms. The minimum Gasteiger partial charge on any atom is -0.486 e. The Morgan fingerprint density at radius 1 is 1.24 bits per heavy atom. The first-order valence-electron chi connectivity index (χ1n) is 12.5. The molecule has 3 N–H and O–H groups in total. The predicted octanol–water partition coefficient (Wildman–Crippen LogP) is 5.69. The van der Waals surface area contributed by atoms with Gasteiger partial charge in [-0.2, -0.15) is 5.10 Å². The number of aromatic nitrogens is 4. The Balaban J connectivity index is 1.20. The first-order chi connectivity index (χ1) is 18.3. The van der Waals surface area contributed by atoms with Gasteiger partial charge in [0, 0.05) is 54.8 Å². The molecule has 0 amide bonds. The summed E-state index contributed by atoms with van der Waals surface area (Å²) in [5.74, 6) is 0.472. The smallest absolute Gasteiger partial charge is 0.166 e. The van der Waals surface area contributed by atoms with Crippen LogP contribution in [0.3, 0.4) is 0 Å². The molecule has 0 aliphatic carbocycles. The second-order valence-electron chi connectivity index (χ2n) is 10.1. The van der Waals surface area contributed by atoms with Crippen LogP contribution in [0.15, 0.2) is 42.9 Å². The number of nitrogens with two attached hydrogens (primary N) is 1. The molecule has 1 unspecified atom stereocenters. The molecule has 2 aliphatic heterocycles. The van der Waals surface area contributed by atoms with Gasteiger partial charge in [0.05, 0.1) is 27.2 Å². The second kappa shape index (κ2) is 9.96. The third-order valence-corrected chi connectivity index (χ3v) is 7.81. The fourth-order valence-corrected chi connectivity index (χ4v) is 6.08. The molecule has 198 valence electrons. The van der Waals surface area contributed by atoms with E-state index < -0.39 is 11.9 Å². The van der Waals surface area contributed by atoms with Crippen LogP contribution >= 0.6 is 23.2 Å². The number of anilines is 1. The van der Waals surface area contributed by atoms with Crippen molar-refractivity contribution in [1.29, 1.82) is 0 Å². The molecule has 2 aliphatic rings. The van der Waals surface area contributed by atoms with Crippen molar-refractivity contribution in [3.8, 4) is 17.0 Å². The fourth-order valence-electron chi connectivity index (χ4n) is 5.40. The number of H-pyrrole nitrogens is 1. The lowest BCUT2D eigenvalue weighted by atomic mass is 9.84. The minimum absolute atomic E-state index is 0.200. The van der Waals surface area contributed by atoms with Crippen LogP contribution in [0, 0.1) is 5.82 Å². The van der Waals surface area contributed by atoms with Crippen LogP contribution < -0.4 is 15.4 Å². The number of rotatable bonds is 7. The van der Waals surface area contributed by atoms with E-state index >= 15 is 4.39 Å². The van der Waals surface area contributed by atoms with Crippen molar-refractivity contribution in [2.24, 2.45) is 5.73 Å². The van der Waals surface area contributed by atoms with Crippen molar-refractivity contribution >= 4 is 39.9 Å². The van der Waals surface area contributed by atoms with E-state index in [0.29, 0.717) is 51.5 Å². The molecule has 3 aromatic heterocycles. The molecule has 2 fully saturated rings. The van der Waals surface area contributed by atoms with Crippen molar-refractivity contribution in [3.05, 3.63) is 64.3 Å². The normalized spacial score (nSPS) is 19.5. The number of halogens is 3. The quantitative estimate of drug-likeness (QED) is 0.301. The molecule has 0 spiro atoms. The van der Waals surface area contributed by atoms with Crippen LogP contribution in [-0.4, -0.2) is 51.5 Å². The van der Waals surface area contributed by atoms with Gasteiger partial charge in [0.2, 0.25) is 0 Å². The largest absolute Gasteiger partial charge is 0.486 e. The molecule has 0 bridgehead atoms. The van der Waals surface area contributed by atoms with Crippen molar-refractivity contribution in [3.63, 3.8) is 0 Å². The molecule has 6 rings (SSSR count). The summed E-state index contributed by atoms with van der Waals surface area (Å²) in [5, 5.41) is 9.05. The van der Waals surface area contributed by atoms with E-state index in [2.05, 4.69) is 20.2 Å². The highest BCUT2D eigenvalue weighted by molar-refractivity contribution is 6.35. The van der Waals surface area contributed by atoms with E-state index in [9.17, 15) is 0 Å². The van der Waals surface area contributed by atoms with Gasteiger partial charge in [-0.05, 0) is 50.5 Å². The number of pyridine rings is 2. The second-order valence-corrected chi connectivity index (χ2v) is 11.0. The third kappa shape index (κ3) is 4.80. The molecule has 5 heterocycles. The number of hydrogen-bond donors (Lipinski definition) is 2. The lowest BCUT2D eigenvalue weighted by molar-refractivity contribution is 0.0763. The number of benzene rings is 1. The van der Waals surface area contributed by atoms with Crippen LogP contribution in [0.25, 0.3) is 22.2 Å². The Labute approximate surface area is 229 Å². The molecule has 0 radical (unpaired) electrons. The Morgan fingerprint density at radius 3 is 2.74 bits per heavy atom. The summed E-state index contributed by atoms with van der Waals surface area (Å²) < 4.78 is 27.1. The van der Waals surface area contributed by atoms with Gasteiger partial charge in [-0.1, -0.05) is 23.2 Å². The molecule has 2 saturated heterocycles. The number of nitrogens with zero attached hydrogens (tertiary/aromatic N) is 4. The van der Waals surface area contributed by atoms with Crippen LogP contribution in [0.1, 0.15) is 37.9 Å². The zero-order valence-corrected chi connectivity index (χ0v) is 22.3. The van der Waals surface area contributed by atoms with Crippen LogP contribution in [0.2, 0.25) is 10.0 Å². The zero-order valence-electron chi connectivity index (χ0n) is 20.8. The first-order valence-corrected chi connectivity index (χ1v) is 13.3. The molecule has 8 nitrogen and oxygen atoms in total. The number of fused-ring (bicyclic) bond motifs is 1. The van der Waals surface area contributed by atoms with E-state index in [1.807, 2.05) is 30.0 Å². The van der Waals surface area contributed by atoms with E-state index in [1.54, 1.807) is 6.20 Å². The van der Waals surface area contributed by atoms with Gasteiger partial charge in [0.15, 0.2) is 11.6 Å². The lowest BCUT2D eigenvalue weighted by Crippen LogP contribution is -2.68. The van der Waals surface area contributed by atoms with Crippen molar-refractivity contribution in [1.82, 2.24) is 20.2 Å². The third-order valence-electron chi connectivity index (χ3n) is 7.21. The Bertz CT molecular complexity index is 1470. The minimum atomic E-state index is -0.421. The highest BCUT2D eigenvalue weighted by Crippen LogP contribution is 2.36. The number of hydrogen-bond acceptors (Lipinski definition) is 7. The molecule has 0 saturated carbocycles. The molecule has 11 heteroatoms. The van der Waals surface area contributed by atoms with Crippen LogP contribution in [0.5, 0.6) is 5.75 Å². The van der Waals surface area contributed by atoms with E-state index in [-0.39, 0.29) is 11.6 Å². The summed E-state index contributed by atoms with van der Waals surface area (Å²) in [7, 11) is 0. The Morgan fingerprint density at radius 2 is 2.03 bits per heavy atom. The highest BCUT2D eigenvalue weighted by Gasteiger charge is 2.43. The van der Waals surface area contributed by atoms with Crippen molar-refractivity contribution < 1.29 is 13.9 Å². The molecule has 4 aromatic rings. The van der Waals surface area contributed by atoms with Gasteiger partial charge in [-0.25, -0.2) is 9.37 Å². The monoisotopic (exact) mass is 556 g/mol. The number of nitrogens with one attached hydrogen (secondary N) is 1. The maximum absolute atomic E-state index is 15.2. The predicted molar refractivity (Wildman–Crippen MR) is 145 cm³/mol. The average molecular weight is 557 g/mol. The molecular weight excluding hydrogens is 530 g/mol. The van der Waals surface area contributed by atoms with Gasteiger partial charge in [-0.15, -0.1) is 0 Å². The summed E-state index contributed by atoms with van der Waals surface area (Å²) >= 11 is 12.6. The van der Waals surface area contributed by atoms with E-state index in [4.69, 9.17) is 38.4 Å². The Hall–Kier alpha value is -2.98. The summed E-state index contributed by atoms with van der Waals surface area (Å²) in [6.07, 6.45) is 7.37. The topological polar surface area (TPSA) is 102 Å². The van der Waals surface area contributed by atoms with Crippen LogP contribution in [-0.2, 0) is 4.74 Å². The Kier molecular flexibility index (Phi) is 6.63. The van der Waals surface area contributed by atoms with Gasteiger partial charge in [-0.3, -0.25) is 10.1 Å². The summed E-state index contributed by atoms with van der Waals surface area (Å²) in [6.45, 7) is 3.75. The van der Waals surface area contributed by atoms with Crippen LogP contribution in [0.4, 0.5) is 10.2 Å². The van der Waals surface area contributed by atoms with Crippen molar-refractivity contribution in [2.75, 3.05) is 24.6 Å². The van der Waals surface area contributed by atoms with E-state index in [1.165, 1.54) is 18.5 Å². The van der Waals surface area contributed by atoms with Crippen molar-refractivity contribution in [2.45, 2.75) is 43.9 Å². The van der Waals surface area contributed by atoms with Gasteiger partial charge < -0.3 is 20.1 Å². The molecule has 1 aromatic carbocycles. The highest BCUT2D eigenvalue weighted by atomic mass is 35.5. The SMILES string of the molecule is C[C@@H](Oc1ccc2[nH]nc(-c3cnc(N4CC(N)(CC5CCCO5)C4)c(F)c3)c2c1)c1c(Cl)cncc1Cl. The zero-order chi connectivity index (χ0) is 26.4.